The zero-order valence-electron chi connectivity index (χ0n) is 21.2. The summed E-state index contributed by atoms with van der Waals surface area (Å²) in [4.78, 5) is 25.0. The van der Waals surface area contributed by atoms with Gasteiger partial charge in [-0.2, -0.15) is 0 Å². The van der Waals surface area contributed by atoms with Crippen LogP contribution in [-0.4, -0.2) is 53.4 Å². The van der Waals surface area contributed by atoms with Crippen molar-refractivity contribution < 1.29 is 41.4 Å². The second-order valence-corrected chi connectivity index (χ2v) is 13.6. The summed E-state index contributed by atoms with van der Waals surface area (Å²) >= 11 is 6.24. The number of carbonyl (C=O) groups is 2. The lowest BCUT2D eigenvalue weighted by Crippen LogP contribution is -2.53. The van der Waals surface area contributed by atoms with E-state index in [1.807, 2.05) is 0 Å². The molecule has 3 aliphatic rings. The molecule has 0 spiro atoms. The Labute approximate surface area is 233 Å². The maximum absolute atomic E-state index is 13.7. The summed E-state index contributed by atoms with van der Waals surface area (Å²) in [6.07, 6.45) is 1.67. The van der Waals surface area contributed by atoms with Crippen molar-refractivity contribution in [3.63, 3.8) is 0 Å². The number of halogens is 4. The Hall–Kier alpha value is -2.67. The number of fused-ring (bicyclic) bond motifs is 2. The van der Waals surface area contributed by atoms with Crippen LogP contribution in [-0.2, 0) is 14.6 Å². The highest BCUT2D eigenvalue weighted by Crippen LogP contribution is 2.53. The average molecular weight is 601 g/mol. The predicted molar refractivity (Wildman–Crippen MR) is 139 cm³/mol. The first kappa shape index (κ1) is 28.8. The van der Waals surface area contributed by atoms with Crippen LogP contribution in [0.1, 0.15) is 55.3 Å². The third-order valence-corrected chi connectivity index (χ3v) is 11.1. The van der Waals surface area contributed by atoms with Gasteiger partial charge in [0.15, 0.2) is 27.3 Å². The van der Waals surface area contributed by atoms with Crippen molar-refractivity contribution in [3.8, 4) is 0 Å². The van der Waals surface area contributed by atoms with Crippen molar-refractivity contribution in [2.24, 2.45) is 11.8 Å². The van der Waals surface area contributed by atoms with Crippen molar-refractivity contribution in [3.05, 3.63) is 58.4 Å². The minimum atomic E-state index is -4.09. The highest BCUT2D eigenvalue weighted by atomic mass is 35.5. The Kier molecular flexibility index (Phi) is 7.66. The summed E-state index contributed by atoms with van der Waals surface area (Å²) in [5.41, 5.74) is -1.86. The van der Waals surface area contributed by atoms with Gasteiger partial charge in [0.2, 0.25) is 5.91 Å². The van der Waals surface area contributed by atoms with Crippen molar-refractivity contribution in [1.82, 2.24) is 5.32 Å². The Bertz CT molecular complexity index is 1430. The third kappa shape index (κ3) is 5.34. The molecule has 5 rings (SSSR count). The summed E-state index contributed by atoms with van der Waals surface area (Å²) in [5, 5.41) is 24.9. The van der Waals surface area contributed by atoms with E-state index >= 15 is 0 Å². The van der Waals surface area contributed by atoms with Crippen LogP contribution in [0.3, 0.4) is 0 Å². The van der Waals surface area contributed by atoms with Gasteiger partial charge in [0, 0.05) is 29.4 Å². The molecule has 2 amide bonds. The van der Waals surface area contributed by atoms with Crippen LogP contribution in [0.5, 0.6) is 0 Å². The lowest BCUT2D eigenvalue weighted by atomic mass is 9.72. The second-order valence-electron chi connectivity index (χ2n) is 11.0. The lowest BCUT2D eigenvalue weighted by Gasteiger charge is -2.42. The normalized spacial score (nSPS) is 29.5. The van der Waals surface area contributed by atoms with Crippen molar-refractivity contribution in [1.29, 1.82) is 0 Å². The molecule has 0 saturated heterocycles. The molecule has 2 atom stereocenters. The Morgan fingerprint density at radius 3 is 2.17 bits per heavy atom. The number of carbonyl (C=O) groups excluding carboxylic acids is 2. The molecule has 2 unspecified atom stereocenters. The molecule has 3 fully saturated rings. The fourth-order valence-electron chi connectivity index (χ4n) is 6.27. The molecule has 0 heterocycles. The average Bonchev–Trinajstić information content (AvgIpc) is 3.02. The molecule has 2 bridgehead atoms. The first-order valence-electron chi connectivity index (χ1n) is 13.0. The van der Waals surface area contributed by atoms with Gasteiger partial charge < -0.3 is 20.8 Å². The molecule has 0 aromatic heterocycles. The molecule has 8 nitrogen and oxygen atoms in total. The third-order valence-electron chi connectivity index (χ3n) is 8.47. The predicted octanol–water partition coefficient (Wildman–Crippen LogP) is 3.73. The molecule has 2 aromatic carbocycles. The topological polar surface area (TPSA) is 133 Å². The van der Waals surface area contributed by atoms with E-state index in [9.17, 15) is 41.4 Å². The SMILES string of the molecule is O=C(C[C@]1(O)C2CCC1C[C@@H](S(=O)(=O)c1cc(C(=O)Nc3cc(F)c(F)c(F)c3)ccc1Cl)C2)N[C@H]1C[C@H](O)C1. The van der Waals surface area contributed by atoms with Crippen LogP contribution >= 0.6 is 11.6 Å². The summed E-state index contributed by atoms with van der Waals surface area (Å²) in [6.45, 7) is 0. The molecule has 216 valence electrons. The highest BCUT2D eigenvalue weighted by molar-refractivity contribution is 7.92. The Balaban J connectivity index is 1.31. The second kappa shape index (κ2) is 10.6. The molecule has 4 N–H and O–H groups in total. The van der Waals surface area contributed by atoms with E-state index in [1.165, 1.54) is 12.1 Å². The van der Waals surface area contributed by atoms with Crippen LogP contribution < -0.4 is 10.6 Å². The van der Waals surface area contributed by atoms with Crippen molar-refractivity contribution in [2.45, 2.75) is 72.8 Å². The van der Waals surface area contributed by atoms with Gasteiger partial charge in [-0.25, -0.2) is 21.6 Å². The minimum Gasteiger partial charge on any atom is -0.393 e. The summed E-state index contributed by atoms with van der Waals surface area (Å²) in [5.74, 6) is -6.77. The van der Waals surface area contributed by atoms with E-state index < -0.39 is 62.0 Å². The van der Waals surface area contributed by atoms with Gasteiger partial charge in [0.05, 0.1) is 33.3 Å². The zero-order chi connectivity index (χ0) is 29.0. The molecule has 13 heteroatoms. The van der Waals surface area contributed by atoms with Gasteiger partial charge in [-0.3, -0.25) is 9.59 Å². The molecule has 3 aliphatic carbocycles. The number of aliphatic hydroxyl groups excluding tert-OH is 1. The Morgan fingerprint density at radius 2 is 1.60 bits per heavy atom. The van der Waals surface area contributed by atoms with E-state index in [1.54, 1.807) is 0 Å². The van der Waals surface area contributed by atoms with E-state index in [-0.39, 0.29) is 52.4 Å². The van der Waals surface area contributed by atoms with Crippen molar-refractivity contribution in [2.75, 3.05) is 5.32 Å². The van der Waals surface area contributed by atoms with Crippen molar-refractivity contribution >= 4 is 38.9 Å². The molecule has 0 aliphatic heterocycles. The van der Waals surface area contributed by atoms with E-state index in [0.29, 0.717) is 37.8 Å². The van der Waals surface area contributed by atoms with E-state index in [0.717, 1.165) is 6.07 Å². The molecule has 3 saturated carbocycles. The number of hydrogen-bond acceptors (Lipinski definition) is 6. The van der Waals surface area contributed by atoms with Crippen LogP contribution in [0.2, 0.25) is 5.02 Å². The number of anilines is 1. The fraction of sp³-hybridized carbons (Fsp3) is 0.481. The summed E-state index contributed by atoms with van der Waals surface area (Å²) in [6, 6.07) is 4.61. The zero-order valence-corrected chi connectivity index (χ0v) is 22.7. The molecule has 40 heavy (non-hydrogen) atoms. The number of hydrogen-bond donors (Lipinski definition) is 4. The molecule has 2 aromatic rings. The van der Waals surface area contributed by atoms with Gasteiger partial charge in [-0.1, -0.05) is 11.6 Å². The van der Waals surface area contributed by atoms with Gasteiger partial charge in [0.25, 0.3) is 5.91 Å². The summed E-state index contributed by atoms with van der Waals surface area (Å²) in [7, 11) is -4.09. The monoisotopic (exact) mass is 600 g/mol. The quantitative estimate of drug-likeness (QED) is 0.358. The van der Waals surface area contributed by atoms with Gasteiger partial charge in [-0.05, 0) is 68.6 Å². The number of amides is 2. The first-order valence-corrected chi connectivity index (χ1v) is 14.9. The van der Waals surface area contributed by atoms with Crippen LogP contribution in [0, 0.1) is 29.3 Å². The first-order chi connectivity index (χ1) is 18.8. The maximum atomic E-state index is 13.7. The smallest absolute Gasteiger partial charge is 0.255 e. The number of aliphatic hydroxyl groups is 2. The largest absolute Gasteiger partial charge is 0.393 e. The number of nitrogens with one attached hydrogen (secondary N) is 2. The Morgan fingerprint density at radius 1 is 1.00 bits per heavy atom. The molecule has 0 radical (unpaired) electrons. The standard InChI is InChI=1S/C27H28ClF3N2O6S/c28-20-4-1-13(26(36)33-17-10-21(29)25(31)22(30)11-17)5-23(20)40(38,39)19-6-14-2-3-15(7-19)27(14,37)12-24(35)32-16-8-18(34)9-16/h1,4-5,10-11,14-16,18-19,34,37H,2-3,6-9,12H2,(H,32,35)(H,33,36)/t14?,15?,16-,18-,19-,27-. The highest BCUT2D eigenvalue weighted by Gasteiger charge is 2.56. The fourth-order valence-corrected chi connectivity index (χ4v) is 8.67. The maximum Gasteiger partial charge on any atom is 0.255 e. The van der Waals surface area contributed by atoms with Crippen LogP contribution in [0.4, 0.5) is 18.9 Å². The van der Waals surface area contributed by atoms with Gasteiger partial charge in [0.1, 0.15) is 0 Å². The molecular weight excluding hydrogens is 573 g/mol. The summed E-state index contributed by atoms with van der Waals surface area (Å²) < 4.78 is 67.7. The van der Waals surface area contributed by atoms with Gasteiger partial charge >= 0.3 is 0 Å². The molecular formula is C27H28ClF3N2O6S. The number of benzene rings is 2. The van der Waals surface area contributed by atoms with Gasteiger partial charge in [-0.15, -0.1) is 0 Å². The number of rotatable bonds is 7. The minimum absolute atomic E-state index is 0.103. The number of sulfone groups is 1. The van der Waals surface area contributed by atoms with E-state index in [4.69, 9.17) is 11.6 Å². The van der Waals surface area contributed by atoms with Crippen LogP contribution in [0.25, 0.3) is 0 Å². The lowest BCUT2D eigenvalue weighted by molar-refractivity contribution is -0.134. The van der Waals surface area contributed by atoms with Crippen LogP contribution in [0.15, 0.2) is 35.2 Å². The van der Waals surface area contributed by atoms with E-state index in [2.05, 4.69) is 10.6 Å².